The topological polar surface area (TPSA) is 63.6 Å². The molecule has 0 aliphatic carbocycles. The van der Waals surface area contributed by atoms with Crippen LogP contribution in [-0.2, 0) is 11.2 Å². The number of aromatic carboxylic acids is 1. The van der Waals surface area contributed by atoms with Gasteiger partial charge in [0.1, 0.15) is 17.9 Å². The molecule has 14 heavy (non-hydrogen) atoms. The van der Waals surface area contributed by atoms with Gasteiger partial charge < -0.3 is 9.84 Å². The highest BCUT2D eigenvalue weighted by Gasteiger charge is 2.22. The second kappa shape index (κ2) is 3.14. The molecule has 1 aliphatic heterocycles. The minimum absolute atomic E-state index is 0.0277. The van der Waals surface area contributed by atoms with E-state index in [2.05, 4.69) is 0 Å². The van der Waals surface area contributed by atoms with Crippen LogP contribution < -0.4 is 4.74 Å². The van der Waals surface area contributed by atoms with Crippen molar-refractivity contribution >= 4 is 11.8 Å². The van der Waals surface area contributed by atoms with Crippen LogP contribution in [0.5, 0.6) is 5.75 Å². The Morgan fingerprint density at radius 2 is 2.21 bits per heavy atom. The molecule has 0 aromatic heterocycles. The van der Waals surface area contributed by atoms with Gasteiger partial charge in [0.2, 0.25) is 0 Å². The van der Waals surface area contributed by atoms with Crippen LogP contribution >= 0.6 is 0 Å². The number of carbonyl (C=O) groups excluding carboxylic acids is 1. The number of benzene rings is 1. The van der Waals surface area contributed by atoms with Crippen LogP contribution in [0.25, 0.3) is 0 Å². The van der Waals surface area contributed by atoms with Crippen molar-refractivity contribution < 1.29 is 19.4 Å². The van der Waals surface area contributed by atoms with E-state index >= 15 is 0 Å². The Morgan fingerprint density at radius 1 is 1.43 bits per heavy atom. The van der Waals surface area contributed by atoms with Crippen LogP contribution in [0.4, 0.5) is 0 Å². The molecular weight excluding hydrogens is 184 g/mol. The first-order chi connectivity index (χ1) is 6.68. The lowest BCUT2D eigenvalue weighted by molar-refractivity contribution is -0.121. The molecule has 2 rings (SSSR count). The van der Waals surface area contributed by atoms with Gasteiger partial charge in [-0.1, -0.05) is 12.1 Å². The van der Waals surface area contributed by atoms with Crippen LogP contribution in [0.1, 0.15) is 15.9 Å². The highest BCUT2D eigenvalue weighted by atomic mass is 16.5. The lowest BCUT2D eigenvalue weighted by Crippen LogP contribution is -2.21. The van der Waals surface area contributed by atoms with Crippen molar-refractivity contribution in [3.05, 3.63) is 29.3 Å². The molecule has 1 N–H and O–H groups in total. The van der Waals surface area contributed by atoms with E-state index in [0.717, 1.165) is 0 Å². The number of rotatable bonds is 1. The predicted molar refractivity (Wildman–Crippen MR) is 47.6 cm³/mol. The number of fused-ring (bicyclic) bond motifs is 1. The first-order valence-electron chi connectivity index (χ1n) is 4.18. The fraction of sp³-hybridized carbons (Fsp3) is 0.200. The maximum absolute atomic E-state index is 11.0. The van der Waals surface area contributed by atoms with Crippen molar-refractivity contribution in [1.29, 1.82) is 0 Å². The number of carbonyl (C=O) groups is 2. The second-order valence-corrected chi connectivity index (χ2v) is 3.10. The smallest absolute Gasteiger partial charge is 0.339 e. The lowest BCUT2D eigenvalue weighted by Gasteiger charge is -2.17. The fourth-order valence-electron chi connectivity index (χ4n) is 1.48. The lowest BCUT2D eigenvalue weighted by atomic mass is 10.0. The SMILES string of the molecule is O=C1COc2c(cccc2C(=O)O)C1. The van der Waals surface area contributed by atoms with Crippen molar-refractivity contribution in [3.63, 3.8) is 0 Å². The van der Waals surface area contributed by atoms with Gasteiger partial charge in [-0.2, -0.15) is 0 Å². The quantitative estimate of drug-likeness (QED) is 0.717. The van der Waals surface area contributed by atoms with Crippen LogP contribution in [-0.4, -0.2) is 23.5 Å². The molecule has 0 bridgehead atoms. The molecule has 4 heteroatoms. The van der Waals surface area contributed by atoms with E-state index in [1.807, 2.05) is 0 Å². The highest BCUT2D eigenvalue weighted by Crippen LogP contribution is 2.27. The van der Waals surface area contributed by atoms with E-state index in [9.17, 15) is 9.59 Å². The van der Waals surface area contributed by atoms with Gasteiger partial charge in [-0.05, 0) is 6.07 Å². The number of hydrogen-bond acceptors (Lipinski definition) is 3. The van der Waals surface area contributed by atoms with Gasteiger partial charge in [-0.3, -0.25) is 4.79 Å². The molecule has 0 saturated heterocycles. The molecule has 1 aromatic rings. The van der Waals surface area contributed by atoms with Gasteiger partial charge in [0.05, 0.1) is 0 Å². The molecule has 4 nitrogen and oxygen atoms in total. The van der Waals surface area contributed by atoms with Crippen molar-refractivity contribution in [2.75, 3.05) is 6.61 Å². The number of carboxylic acids is 1. The van der Waals surface area contributed by atoms with Gasteiger partial charge in [0, 0.05) is 12.0 Å². The van der Waals surface area contributed by atoms with Crippen molar-refractivity contribution in [1.82, 2.24) is 0 Å². The molecule has 0 spiro atoms. The predicted octanol–water partition coefficient (Wildman–Crippen LogP) is 0.889. The standard InChI is InChI=1S/C10H8O4/c11-7-4-6-2-1-3-8(10(12)13)9(6)14-5-7/h1-3H,4-5H2,(H,12,13). The molecule has 0 atom stereocenters. The highest BCUT2D eigenvalue weighted by molar-refractivity contribution is 5.93. The third kappa shape index (κ3) is 1.35. The summed E-state index contributed by atoms with van der Waals surface area (Å²) in [5, 5.41) is 8.84. The van der Waals surface area contributed by atoms with E-state index in [4.69, 9.17) is 9.84 Å². The zero-order chi connectivity index (χ0) is 10.1. The molecular formula is C10H8O4. The number of hydrogen-bond donors (Lipinski definition) is 1. The van der Waals surface area contributed by atoms with Crippen molar-refractivity contribution in [2.45, 2.75) is 6.42 Å². The summed E-state index contributed by atoms with van der Waals surface area (Å²) in [7, 11) is 0. The van der Waals surface area contributed by atoms with Crippen LogP contribution in [0.2, 0.25) is 0 Å². The Hall–Kier alpha value is -1.84. The summed E-state index contributed by atoms with van der Waals surface area (Å²) in [6.45, 7) is -0.0305. The first-order valence-corrected chi connectivity index (χ1v) is 4.18. The zero-order valence-corrected chi connectivity index (χ0v) is 7.32. The zero-order valence-electron chi connectivity index (χ0n) is 7.32. The Balaban J connectivity index is 2.52. The summed E-state index contributed by atoms with van der Waals surface area (Å²) in [5.74, 6) is -0.726. The third-order valence-corrected chi connectivity index (χ3v) is 2.09. The van der Waals surface area contributed by atoms with E-state index < -0.39 is 5.97 Å². The average Bonchev–Trinajstić information content (AvgIpc) is 2.16. The Bertz CT molecular complexity index is 409. The maximum Gasteiger partial charge on any atom is 0.339 e. The molecule has 1 aliphatic rings. The molecule has 0 unspecified atom stereocenters. The van der Waals surface area contributed by atoms with Crippen molar-refractivity contribution in [2.24, 2.45) is 0 Å². The Morgan fingerprint density at radius 3 is 2.93 bits per heavy atom. The van der Waals surface area contributed by atoms with Crippen LogP contribution in [0, 0.1) is 0 Å². The van der Waals surface area contributed by atoms with Gasteiger partial charge >= 0.3 is 5.97 Å². The van der Waals surface area contributed by atoms with Crippen LogP contribution in [0.15, 0.2) is 18.2 Å². The summed E-state index contributed by atoms with van der Waals surface area (Å²) < 4.78 is 5.10. The number of carboxylic acid groups (broad SMARTS) is 1. The average molecular weight is 192 g/mol. The normalized spacial score (nSPS) is 14.4. The molecule has 1 heterocycles. The molecule has 0 radical (unpaired) electrons. The van der Waals surface area contributed by atoms with Gasteiger partial charge in [-0.25, -0.2) is 4.79 Å². The molecule has 1 aromatic carbocycles. The number of Topliss-reactive ketones (excluding diaryl/α,β-unsaturated/α-hetero) is 1. The van der Waals surface area contributed by atoms with Gasteiger partial charge in [0.15, 0.2) is 5.78 Å². The minimum atomic E-state index is -1.03. The summed E-state index contributed by atoms with van der Waals surface area (Å²) in [5.41, 5.74) is 0.774. The monoisotopic (exact) mass is 192 g/mol. The number of para-hydroxylation sites is 1. The molecule has 72 valence electrons. The van der Waals surface area contributed by atoms with E-state index in [0.29, 0.717) is 11.3 Å². The Kier molecular flexibility index (Phi) is 1.96. The van der Waals surface area contributed by atoms with Crippen molar-refractivity contribution in [3.8, 4) is 5.75 Å². The minimum Gasteiger partial charge on any atom is -0.485 e. The number of ketones is 1. The number of ether oxygens (including phenoxy) is 1. The largest absolute Gasteiger partial charge is 0.485 e. The molecule has 0 fully saturated rings. The van der Waals surface area contributed by atoms with Gasteiger partial charge in [-0.15, -0.1) is 0 Å². The van der Waals surface area contributed by atoms with Gasteiger partial charge in [0.25, 0.3) is 0 Å². The van der Waals surface area contributed by atoms with E-state index in [1.54, 1.807) is 12.1 Å². The fourth-order valence-corrected chi connectivity index (χ4v) is 1.48. The third-order valence-electron chi connectivity index (χ3n) is 2.09. The summed E-state index contributed by atoms with van der Waals surface area (Å²) in [6.07, 6.45) is 0.260. The van der Waals surface area contributed by atoms with Crippen LogP contribution in [0.3, 0.4) is 0 Å². The molecule has 0 saturated carbocycles. The van der Waals surface area contributed by atoms with E-state index in [-0.39, 0.29) is 24.4 Å². The summed E-state index contributed by atoms with van der Waals surface area (Å²) in [4.78, 5) is 21.8. The van der Waals surface area contributed by atoms with E-state index in [1.165, 1.54) is 6.07 Å². The maximum atomic E-state index is 11.0. The second-order valence-electron chi connectivity index (χ2n) is 3.10. The Labute approximate surface area is 80.1 Å². The first kappa shape index (κ1) is 8.74. The summed E-state index contributed by atoms with van der Waals surface area (Å²) >= 11 is 0. The summed E-state index contributed by atoms with van der Waals surface area (Å²) in [6, 6.07) is 4.79. The molecule has 0 amide bonds.